The molecule has 1 saturated carbocycles. The van der Waals surface area contributed by atoms with Crippen molar-refractivity contribution in [1.82, 2.24) is 10.1 Å². The van der Waals surface area contributed by atoms with Crippen LogP contribution in [0, 0.1) is 5.92 Å². The smallest absolute Gasteiger partial charge is 0.228 e. The highest BCUT2D eigenvalue weighted by Crippen LogP contribution is 2.32. The lowest BCUT2D eigenvalue weighted by molar-refractivity contribution is 0.359. The third-order valence-corrected chi connectivity index (χ3v) is 3.63. The molecule has 0 amide bonds. The SMILES string of the molecule is NC(Cc1nc(Cc2cccc(Cl)c2)no1)C1CC1. The highest BCUT2D eigenvalue weighted by Gasteiger charge is 2.29. The Morgan fingerprint density at radius 3 is 3.00 bits per heavy atom. The molecule has 0 aliphatic heterocycles. The second kappa shape index (κ2) is 5.31. The molecule has 0 radical (unpaired) electrons. The summed E-state index contributed by atoms with van der Waals surface area (Å²) in [7, 11) is 0. The van der Waals surface area contributed by atoms with Crippen LogP contribution in [0.4, 0.5) is 0 Å². The first-order chi connectivity index (χ1) is 9.20. The molecule has 1 unspecified atom stereocenters. The summed E-state index contributed by atoms with van der Waals surface area (Å²) >= 11 is 5.95. The van der Waals surface area contributed by atoms with Gasteiger partial charge in [0.05, 0.1) is 0 Å². The van der Waals surface area contributed by atoms with Gasteiger partial charge in [-0.1, -0.05) is 28.9 Å². The van der Waals surface area contributed by atoms with Crippen LogP contribution in [0.25, 0.3) is 0 Å². The van der Waals surface area contributed by atoms with Crippen molar-refractivity contribution in [2.45, 2.75) is 31.7 Å². The van der Waals surface area contributed by atoms with E-state index in [1.165, 1.54) is 12.8 Å². The van der Waals surface area contributed by atoms with Crippen molar-refractivity contribution in [1.29, 1.82) is 0 Å². The topological polar surface area (TPSA) is 64.9 Å². The quantitative estimate of drug-likeness (QED) is 0.912. The molecule has 1 aromatic heterocycles. The van der Waals surface area contributed by atoms with Gasteiger partial charge in [0.25, 0.3) is 0 Å². The molecule has 1 aliphatic carbocycles. The summed E-state index contributed by atoms with van der Waals surface area (Å²) in [6.07, 6.45) is 3.76. The van der Waals surface area contributed by atoms with Crippen LogP contribution in [0.15, 0.2) is 28.8 Å². The monoisotopic (exact) mass is 277 g/mol. The number of nitrogens with two attached hydrogens (primary N) is 1. The number of nitrogens with zero attached hydrogens (tertiary/aromatic N) is 2. The largest absolute Gasteiger partial charge is 0.339 e. The zero-order valence-corrected chi connectivity index (χ0v) is 11.3. The first kappa shape index (κ1) is 12.6. The number of hydrogen-bond donors (Lipinski definition) is 1. The lowest BCUT2D eigenvalue weighted by Crippen LogP contribution is -2.25. The van der Waals surface area contributed by atoms with E-state index in [-0.39, 0.29) is 6.04 Å². The average Bonchev–Trinajstić information content (AvgIpc) is 3.13. The summed E-state index contributed by atoms with van der Waals surface area (Å²) in [4.78, 5) is 4.38. The first-order valence-electron chi connectivity index (χ1n) is 6.52. The molecule has 1 aromatic carbocycles. The lowest BCUT2D eigenvalue weighted by Gasteiger charge is -2.04. The van der Waals surface area contributed by atoms with Crippen LogP contribution in [0.2, 0.25) is 5.02 Å². The van der Waals surface area contributed by atoms with E-state index >= 15 is 0 Å². The third kappa shape index (κ3) is 3.33. The molecule has 0 saturated heterocycles. The van der Waals surface area contributed by atoms with E-state index in [2.05, 4.69) is 10.1 Å². The fraction of sp³-hybridized carbons (Fsp3) is 0.429. The Morgan fingerprint density at radius 2 is 2.26 bits per heavy atom. The summed E-state index contributed by atoms with van der Waals surface area (Å²) in [6.45, 7) is 0. The van der Waals surface area contributed by atoms with Crippen molar-refractivity contribution < 1.29 is 4.52 Å². The molecule has 0 bridgehead atoms. The molecular weight excluding hydrogens is 262 g/mol. The van der Waals surface area contributed by atoms with Crippen molar-refractivity contribution in [3.63, 3.8) is 0 Å². The van der Waals surface area contributed by atoms with Crippen molar-refractivity contribution in [3.05, 3.63) is 46.6 Å². The Hall–Kier alpha value is -1.39. The average molecular weight is 278 g/mol. The summed E-state index contributed by atoms with van der Waals surface area (Å²) in [6, 6.07) is 7.83. The zero-order chi connectivity index (χ0) is 13.2. The number of aromatic nitrogens is 2. The summed E-state index contributed by atoms with van der Waals surface area (Å²) in [5.41, 5.74) is 7.12. The molecule has 100 valence electrons. The van der Waals surface area contributed by atoms with E-state index in [0.717, 1.165) is 10.6 Å². The fourth-order valence-electron chi connectivity index (χ4n) is 2.17. The molecule has 3 rings (SSSR count). The molecule has 1 fully saturated rings. The Kier molecular flexibility index (Phi) is 3.53. The summed E-state index contributed by atoms with van der Waals surface area (Å²) < 4.78 is 5.24. The Bertz CT molecular complexity index is 565. The zero-order valence-electron chi connectivity index (χ0n) is 10.6. The molecule has 4 nitrogen and oxygen atoms in total. The van der Waals surface area contributed by atoms with Crippen LogP contribution < -0.4 is 5.73 Å². The van der Waals surface area contributed by atoms with Crippen LogP contribution in [-0.2, 0) is 12.8 Å². The van der Waals surface area contributed by atoms with Gasteiger partial charge in [-0.15, -0.1) is 0 Å². The standard InChI is InChI=1S/C14H16ClN3O/c15-11-3-1-2-9(6-11)7-13-17-14(19-18-13)8-12(16)10-4-5-10/h1-3,6,10,12H,4-5,7-8,16H2. The minimum Gasteiger partial charge on any atom is -0.339 e. The number of benzene rings is 1. The van der Waals surface area contributed by atoms with E-state index < -0.39 is 0 Å². The van der Waals surface area contributed by atoms with E-state index in [4.69, 9.17) is 21.9 Å². The van der Waals surface area contributed by atoms with Crippen LogP contribution in [0.3, 0.4) is 0 Å². The molecule has 19 heavy (non-hydrogen) atoms. The van der Waals surface area contributed by atoms with Crippen molar-refractivity contribution >= 4 is 11.6 Å². The summed E-state index contributed by atoms with van der Waals surface area (Å²) in [5.74, 6) is 1.96. The van der Waals surface area contributed by atoms with Crippen LogP contribution in [0.5, 0.6) is 0 Å². The van der Waals surface area contributed by atoms with Gasteiger partial charge in [-0.2, -0.15) is 4.98 Å². The van der Waals surface area contributed by atoms with E-state index in [1.54, 1.807) is 0 Å². The first-order valence-corrected chi connectivity index (χ1v) is 6.90. The highest BCUT2D eigenvalue weighted by molar-refractivity contribution is 6.30. The molecule has 5 heteroatoms. The Balaban J connectivity index is 1.64. The maximum atomic E-state index is 6.05. The van der Waals surface area contributed by atoms with Crippen molar-refractivity contribution in [3.8, 4) is 0 Å². The van der Waals surface area contributed by atoms with Gasteiger partial charge >= 0.3 is 0 Å². The van der Waals surface area contributed by atoms with Gasteiger partial charge in [0.2, 0.25) is 5.89 Å². The number of halogens is 1. The molecule has 1 atom stereocenters. The van der Waals surface area contributed by atoms with Gasteiger partial charge in [-0.3, -0.25) is 0 Å². The maximum Gasteiger partial charge on any atom is 0.228 e. The molecule has 2 aromatic rings. The van der Waals surface area contributed by atoms with E-state index in [0.29, 0.717) is 30.5 Å². The maximum absolute atomic E-state index is 6.05. The summed E-state index contributed by atoms with van der Waals surface area (Å²) in [5, 5.41) is 4.71. The minimum absolute atomic E-state index is 0.152. The molecule has 1 aliphatic rings. The predicted molar refractivity (Wildman–Crippen MR) is 73.0 cm³/mol. The van der Waals surface area contributed by atoms with Crippen molar-refractivity contribution in [2.75, 3.05) is 0 Å². The molecule has 1 heterocycles. The molecule has 0 spiro atoms. The van der Waals surface area contributed by atoms with Crippen LogP contribution in [-0.4, -0.2) is 16.2 Å². The minimum atomic E-state index is 0.152. The van der Waals surface area contributed by atoms with Gasteiger partial charge < -0.3 is 10.3 Å². The highest BCUT2D eigenvalue weighted by atomic mass is 35.5. The number of hydrogen-bond acceptors (Lipinski definition) is 4. The van der Waals surface area contributed by atoms with E-state index in [1.807, 2.05) is 24.3 Å². The van der Waals surface area contributed by atoms with Gasteiger partial charge in [-0.25, -0.2) is 0 Å². The molecular formula is C14H16ClN3O. The van der Waals surface area contributed by atoms with Crippen LogP contribution >= 0.6 is 11.6 Å². The predicted octanol–water partition coefficient (Wildman–Crippen LogP) is 2.59. The van der Waals surface area contributed by atoms with Gasteiger partial charge in [0, 0.05) is 23.9 Å². The Labute approximate surface area is 117 Å². The van der Waals surface area contributed by atoms with Gasteiger partial charge in [0.15, 0.2) is 5.82 Å². The van der Waals surface area contributed by atoms with E-state index in [9.17, 15) is 0 Å². The van der Waals surface area contributed by atoms with Crippen LogP contribution in [0.1, 0.15) is 30.1 Å². The Morgan fingerprint density at radius 1 is 1.42 bits per heavy atom. The van der Waals surface area contributed by atoms with Gasteiger partial charge in [0.1, 0.15) is 0 Å². The second-order valence-electron chi connectivity index (χ2n) is 5.12. The van der Waals surface area contributed by atoms with Crippen molar-refractivity contribution in [2.24, 2.45) is 11.7 Å². The second-order valence-corrected chi connectivity index (χ2v) is 5.55. The molecule has 2 N–H and O–H groups in total. The fourth-order valence-corrected chi connectivity index (χ4v) is 2.38. The lowest BCUT2D eigenvalue weighted by atomic mass is 10.1. The normalized spacial score (nSPS) is 16.5. The van der Waals surface area contributed by atoms with Gasteiger partial charge in [-0.05, 0) is 36.5 Å². The number of rotatable bonds is 5. The third-order valence-electron chi connectivity index (χ3n) is 3.40.